The van der Waals surface area contributed by atoms with Gasteiger partial charge < -0.3 is 0 Å². The van der Waals surface area contributed by atoms with Gasteiger partial charge >= 0.3 is 210 Å². The fourth-order valence-electron chi connectivity index (χ4n) is 5.79. The average Bonchev–Trinajstić information content (AvgIpc) is 2.79. The summed E-state index contributed by atoms with van der Waals surface area (Å²) in [6, 6.07) is 21.1. The fraction of sp³-hybridized carbons (Fsp3) is 0.258. The Morgan fingerprint density at radius 2 is 1.59 bits per heavy atom. The van der Waals surface area contributed by atoms with Gasteiger partial charge in [0.25, 0.3) is 0 Å². The summed E-state index contributed by atoms with van der Waals surface area (Å²) in [5.74, 6) is 7.91. The molecule has 2 heterocycles. The molecule has 0 N–H and O–H groups in total. The average molecular weight is 523 g/mol. The molecule has 6 rings (SSSR count). The molecule has 1 aromatic heterocycles. The van der Waals surface area contributed by atoms with Crippen molar-refractivity contribution in [3.8, 4) is 11.3 Å². The van der Waals surface area contributed by atoms with Crippen LogP contribution in [0.2, 0.25) is 17.3 Å². The minimum absolute atomic E-state index is 0.457. The molecule has 0 bridgehead atoms. The Kier molecular flexibility index (Phi) is 4.96. The third-order valence-electron chi connectivity index (χ3n) is 7.56. The summed E-state index contributed by atoms with van der Waals surface area (Å²) in [6.45, 7) is 7.01. The molecule has 0 radical (unpaired) electrons. The molecule has 0 spiro atoms. The standard InChI is InChI=1S/C31H32GeNS/c1-18(2)27-24-11-9-8-10-22(24)19(3)28-30-29-25(14-15-33(30)7)23-13-12-21(32(4,5)6)16-20(23)17-26(29)34-31(27)28/h8-18H,1-7H3/q+1. The van der Waals surface area contributed by atoms with E-state index in [0.29, 0.717) is 5.92 Å². The molecule has 1 aliphatic heterocycles. The van der Waals surface area contributed by atoms with E-state index in [1.807, 2.05) is 11.8 Å². The predicted octanol–water partition coefficient (Wildman–Crippen LogP) is 8.08. The van der Waals surface area contributed by atoms with Crippen molar-refractivity contribution in [3.05, 3.63) is 71.9 Å². The van der Waals surface area contributed by atoms with Gasteiger partial charge in [-0.25, -0.2) is 0 Å². The molecule has 1 nitrogen and oxygen atoms in total. The third-order valence-corrected chi connectivity index (χ3v) is 13.0. The van der Waals surface area contributed by atoms with E-state index in [9.17, 15) is 0 Å². The summed E-state index contributed by atoms with van der Waals surface area (Å²) in [7, 11) is 2.21. The van der Waals surface area contributed by atoms with Crippen LogP contribution in [0, 0.1) is 6.92 Å². The number of fused-ring (bicyclic) bond motifs is 5. The van der Waals surface area contributed by atoms with Crippen LogP contribution in [0.1, 0.15) is 30.9 Å². The second-order valence-corrected chi connectivity index (χ2v) is 22.9. The quantitative estimate of drug-likeness (QED) is 0.126. The maximum absolute atomic E-state index is 2.49. The van der Waals surface area contributed by atoms with Crippen LogP contribution in [-0.4, -0.2) is 13.3 Å². The maximum atomic E-state index is 2.49. The zero-order chi connectivity index (χ0) is 23.9. The van der Waals surface area contributed by atoms with E-state index >= 15 is 0 Å². The van der Waals surface area contributed by atoms with E-state index < -0.39 is 13.3 Å². The van der Waals surface area contributed by atoms with Crippen LogP contribution < -0.4 is 8.96 Å². The van der Waals surface area contributed by atoms with Crippen LogP contribution in [0.5, 0.6) is 0 Å². The number of aromatic nitrogens is 1. The summed E-state index contributed by atoms with van der Waals surface area (Å²) < 4.78 is 3.92. The Labute approximate surface area is 209 Å². The van der Waals surface area contributed by atoms with Gasteiger partial charge in [0.2, 0.25) is 0 Å². The second kappa shape index (κ2) is 7.60. The van der Waals surface area contributed by atoms with Gasteiger partial charge in [0, 0.05) is 0 Å². The number of hydrogen-bond donors (Lipinski definition) is 0. The van der Waals surface area contributed by atoms with Crippen LogP contribution in [0.3, 0.4) is 0 Å². The van der Waals surface area contributed by atoms with E-state index in [1.165, 1.54) is 64.5 Å². The molecule has 4 aromatic carbocycles. The molecule has 0 aliphatic carbocycles. The molecule has 0 atom stereocenters. The zero-order valence-electron chi connectivity index (χ0n) is 21.2. The number of rotatable bonds is 2. The van der Waals surface area contributed by atoms with Crippen LogP contribution in [0.4, 0.5) is 0 Å². The molecular weight excluding hydrogens is 491 g/mol. The van der Waals surface area contributed by atoms with Gasteiger partial charge in [0.15, 0.2) is 0 Å². The second-order valence-electron chi connectivity index (χ2n) is 11.2. The van der Waals surface area contributed by atoms with E-state index in [2.05, 4.69) is 110 Å². The summed E-state index contributed by atoms with van der Waals surface area (Å²) in [6.07, 6.45) is 2.26. The Hall–Kier alpha value is -2.30. The van der Waals surface area contributed by atoms with Crippen molar-refractivity contribution in [2.45, 2.75) is 53.7 Å². The van der Waals surface area contributed by atoms with Crippen LogP contribution in [0.25, 0.3) is 43.6 Å². The fourth-order valence-corrected chi connectivity index (χ4v) is 9.77. The first kappa shape index (κ1) is 22.2. The first-order valence-electron chi connectivity index (χ1n) is 12.3. The Bertz CT molecular complexity index is 1660. The molecule has 0 unspecified atom stereocenters. The first-order chi connectivity index (χ1) is 16.2. The molecule has 5 aromatic rings. The number of pyridine rings is 1. The molecule has 34 heavy (non-hydrogen) atoms. The van der Waals surface area contributed by atoms with Gasteiger partial charge in [0.1, 0.15) is 0 Å². The van der Waals surface area contributed by atoms with Crippen LogP contribution in [-0.2, 0) is 7.05 Å². The van der Waals surface area contributed by atoms with Crippen molar-refractivity contribution in [2.24, 2.45) is 7.05 Å². The van der Waals surface area contributed by atoms with E-state index in [4.69, 9.17) is 0 Å². The van der Waals surface area contributed by atoms with Gasteiger partial charge in [-0.05, 0) is 0 Å². The monoisotopic (exact) mass is 524 g/mol. The van der Waals surface area contributed by atoms with Gasteiger partial charge in [-0.15, -0.1) is 0 Å². The Morgan fingerprint density at radius 1 is 0.853 bits per heavy atom. The van der Waals surface area contributed by atoms with E-state index in [1.54, 1.807) is 4.40 Å². The molecule has 0 fully saturated rings. The summed E-state index contributed by atoms with van der Waals surface area (Å²) in [5, 5.41) is 8.35. The normalized spacial score (nSPS) is 13.3. The van der Waals surface area contributed by atoms with Gasteiger partial charge in [-0.3, -0.25) is 0 Å². The molecule has 3 heteroatoms. The van der Waals surface area contributed by atoms with E-state index in [-0.39, 0.29) is 0 Å². The summed E-state index contributed by atoms with van der Waals surface area (Å²) in [4.78, 5) is 2.85. The van der Waals surface area contributed by atoms with Crippen molar-refractivity contribution in [2.75, 3.05) is 0 Å². The van der Waals surface area contributed by atoms with Crippen molar-refractivity contribution >= 4 is 61.7 Å². The predicted molar refractivity (Wildman–Crippen MR) is 152 cm³/mol. The van der Waals surface area contributed by atoms with E-state index in [0.717, 1.165) is 0 Å². The molecule has 0 saturated carbocycles. The number of nitrogens with zero attached hydrogens (tertiary/aromatic N) is 1. The molecule has 170 valence electrons. The zero-order valence-corrected chi connectivity index (χ0v) is 24.1. The number of benzene rings is 4. The van der Waals surface area contributed by atoms with Gasteiger partial charge in [-0.1, -0.05) is 0 Å². The van der Waals surface area contributed by atoms with Crippen molar-refractivity contribution in [1.82, 2.24) is 0 Å². The SMILES string of the molecule is Cc1c2c(c(C(C)C)c3ccccc13)Sc1cc3c[c]([Ge]([CH3])([CH3])[CH3])ccc3c3cc[n+](C)c-2c13. The van der Waals surface area contributed by atoms with Crippen molar-refractivity contribution < 1.29 is 4.57 Å². The van der Waals surface area contributed by atoms with Crippen molar-refractivity contribution in [3.63, 3.8) is 0 Å². The molecule has 0 amide bonds. The van der Waals surface area contributed by atoms with Gasteiger partial charge in [0.05, 0.1) is 0 Å². The molecule has 0 saturated heterocycles. The van der Waals surface area contributed by atoms with Crippen LogP contribution >= 0.6 is 11.8 Å². The van der Waals surface area contributed by atoms with Crippen LogP contribution in [0.15, 0.2) is 70.6 Å². The van der Waals surface area contributed by atoms with Crippen molar-refractivity contribution in [1.29, 1.82) is 0 Å². The number of hydrogen-bond acceptors (Lipinski definition) is 1. The molecular formula is C31H32GeNS+. The third kappa shape index (κ3) is 3.11. The van der Waals surface area contributed by atoms with Gasteiger partial charge in [-0.2, -0.15) is 0 Å². The summed E-state index contributed by atoms with van der Waals surface area (Å²) in [5.41, 5.74) is 5.68. The Morgan fingerprint density at radius 3 is 2.29 bits per heavy atom. The topological polar surface area (TPSA) is 3.88 Å². The first-order valence-corrected chi connectivity index (χ1v) is 20.5. The molecule has 1 aliphatic rings. The summed E-state index contributed by atoms with van der Waals surface area (Å²) >= 11 is 0.0852. The number of aryl methyl sites for hydroxylation is 2. The Balaban J connectivity index is 1.79. The minimum atomic E-state index is -1.91.